The van der Waals surface area contributed by atoms with Gasteiger partial charge in [0.05, 0.1) is 18.8 Å². The van der Waals surface area contributed by atoms with Crippen LogP contribution in [-0.4, -0.2) is 11.7 Å². The summed E-state index contributed by atoms with van der Waals surface area (Å²) in [7, 11) is 0. The standard InChI is InChI=1S/C18H19FO2/c1-12-10-14(19)6-7-15(12)17(20)11-18-16-5-3-2-4-13(16)8-9-21-18/h2-7,10,17-18,20H,8-9,11H2,1H3. The van der Waals surface area contributed by atoms with E-state index < -0.39 is 6.10 Å². The van der Waals surface area contributed by atoms with Crippen LogP contribution in [-0.2, 0) is 11.2 Å². The number of halogens is 1. The third-order valence-corrected chi connectivity index (χ3v) is 4.12. The van der Waals surface area contributed by atoms with Crippen molar-refractivity contribution in [3.63, 3.8) is 0 Å². The van der Waals surface area contributed by atoms with Crippen molar-refractivity contribution in [2.24, 2.45) is 0 Å². The summed E-state index contributed by atoms with van der Waals surface area (Å²) in [5, 5.41) is 10.5. The Morgan fingerprint density at radius 2 is 2.10 bits per heavy atom. The molecule has 2 atom stereocenters. The molecule has 0 radical (unpaired) electrons. The second-order valence-corrected chi connectivity index (χ2v) is 5.56. The lowest BCUT2D eigenvalue weighted by atomic mass is 9.91. The summed E-state index contributed by atoms with van der Waals surface area (Å²) in [6, 6.07) is 12.7. The van der Waals surface area contributed by atoms with Crippen molar-refractivity contribution >= 4 is 0 Å². The van der Waals surface area contributed by atoms with E-state index in [9.17, 15) is 9.50 Å². The van der Waals surface area contributed by atoms with Crippen LogP contribution in [0.5, 0.6) is 0 Å². The molecule has 0 aliphatic carbocycles. The maximum absolute atomic E-state index is 13.2. The van der Waals surface area contributed by atoms with Crippen LogP contribution in [0.25, 0.3) is 0 Å². The quantitative estimate of drug-likeness (QED) is 0.928. The first-order valence-corrected chi connectivity index (χ1v) is 7.28. The topological polar surface area (TPSA) is 29.5 Å². The molecule has 1 heterocycles. The van der Waals surface area contributed by atoms with Gasteiger partial charge in [-0.3, -0.25) is 0 Å². The molecule has 0 saturated carbocycles. The largest absolute Gasteiger partial charge is 0.388 e. The van der Waals surface area contributed by atoms with Gasteiger partial charge >= 0.3 is 0 Å². The number of hydrogen-bond acceptors (Lipinski definition) is 2. The van der Waals surface area contributed by atoms with Gasteiger partial charge in [0, 0.05) is 6.42 Å². The molecular formula is C18H19FO2. The summed E-state index contributed by atoms with van der Waals surface area (Å²) < 4.78 is 19.0. The van der Waals surface area contributed by atoms with Crippen LogP contribution in [0.2, 0.25) is 0 Å². The van der Waals surface area contributed by atoms with Gasteiger partial charge in [-0.2, -0.15) is 0 Å². The number of ether oxygens (including phenoxy) is 1. The van der Waals surface area contributed by atoms with Crippen LogP contribution < -0.4 is 0 Å². The molecule has 3 rings (SSSR count). The first kappa shape index (κ1) is 14.2. The lowest BCUT2D eigenvalue weighted by Crippen LogP contribution is -2.18. The van der Waals surface area contributed by atoms with Crippen molar-refractivity contribution in [1.29, 1.82) is 0 Å². The first-order chi connectivity index (χ1) is 10.1. The molecule has 1 N–H and O–H groups in total. The van der Waals surface area contributed by atoms with Gasteiger partial charge in [0.25, 0.3) is 0 Å². The van der Waals surface area contributed by atoms with Crippen molar-refractivity contribution in [2.45, 2.75) is 32.0 Å². The minimum atomic E-state index is -0.651. The van der Waals surface area contributed by atoms with Crippen LogP contribution in [0.3, 0.4) is 0 Å². The Morgan fingerprint density at radius 1 is 1.29 bits per heavy atom. The predicted molar refractivity (Wildman–Crippen MR) is 79.6 cm³/mol. The smallest absolute Gasteiger partial charge is 0.123 e. The summed E-state index contributed by atoms with van der Waals surface area (Å²) in [6.07, 6.45) is 0.651. The van der Waals surface area contributed by atoms with Crippen molar-refractivity contribution < 1.29 is 14.2 Å². The lowest BCUT2D eigenvalue weighted by Gasteiger charge is -2.28. The summed E-state index contributed by atoms with van der Waals surface area (Å²) in [4.78, 5) is 0. The molecular weight excluding hydrogens is 267 g/mol. The van der Waals surface area contributed by atoms with E-state index in [0.29, 0.717) is 13.0 Å². The maximum Gasteiger partial charge on any atom is 0.123 e. The van der Waals surface area contributed by atoms with Gasteiger partial charge in [0.15, 0.2) is 0 Å². The van der Waals surface area contributed by atoms with Crippen LogP contribution >= 0.6 is 0 Å². The Bertz CT molecular complexity index is 639. The van der Waals surface area contributed by atoms with Gasteiger partial charge in [0.1, 0.15) is 5.82 Å². The fourth-order valence-corrected chi connectivity index (χ4v) is 3.01. The van der Waals surface area contributed by atoms with E-state index in [1.807, 2.05) is 19.1 Å². The molecule has 3 heteroatoms. The third-order valence-electron chi connectivity index (χ3n) is 4.12. The van der Waals surface area contributed by atoms with Crippen molar-refractivity contribution in [2.75, 3.05) is 6.61 Å². The zero-order chi connectivity index (χ0) is 14.8. The maximum atomic E-state index is 13.2. The third kappa shape index (κ3) is 2.99. The van der Waals surface area contributed by atoms with Gasteiger partial charge < -0.3 is 9.84 Å². The Labute approximate surface area is 124 Å². The van der Waals surface area contributed by atoms with Gasteiger partial charge in [0.2, 0.25) is 0 Å². The van der Waals surface area contributed by atoms with Crippen LogP contribution in [0.15, 0.2) is 42.5 Å². The predicted octanol–water partition coefficient (Wildman–Crippen LogP) is 3.87. The molecule has 0 saturated heterocycles. The normalized spacial score (nSPS) is 19.1. The van der Waals surface area contributed by atoms with Crippen molar-refractivity contribution in [1.82, 2.24) is 0 Å². The van der Waals surface area contributed by atoms with Crippen LogP contribution in [0.1, 0.15) is 40.9 Å². The monoisotopic (exact) mass is 286 g/mol. The number of fused-ring (bicyclic) bond motifs is 1. The van der Waals surface area contributed by atoms with Gasteiger partial charge in [-0.05, 0) is 47.7 Å². The van der Waals surface area contributed by atoms with Crippen LogP contribution in [0, 0.1) is 12.7 Å². The summed E-state index contributed by atoms with van der Waals surface area (Å²) in [6.45, 7) is 2.49. The highest BCUT2D eigenvalue weighted by atomic mass is 19.1. The van der Waals surface area contributed by atoms with E-state index in [0.717, 1.165) is 23.1 Å². The van der Waals surface area contributed by atoms with Gasteiger partial charge in [-0.1, -0.05) is 30.3 Å². The Balaban J connectivity index is 1.81. The minimum absolute atomic E-state index is 0.102. The number of hydrogen-bond donors (Lipinski definition) is 1. The fourth-order valence-electron chi connectivity index (χ4n) is 3.01. The Kier molecular flexibility index (Phi) is 4.04. The highest BCUT2D eigenvalue weighted by Gasteiger charge is 2.24. The Hall–Kier alpha value is -1.71. The van der Waals surface area contributed by atoms with Gasteiger partial charge in [-0.25, -0.2) is 4.39 Å². The SMILES string of the molecule is Cc1cc(F)ccc1C(O)CC1OCCc2ccccc21. The number of benzene rings is 2. The van der Waals surface area contributed by atoms with Crippen LogP contribution in [0.4, 0.5) is 4.39 Å². The molecule has 1 aliphatic rings. The average molecular weight is 286 g/mol. The second kappa shape index (κ2) is 5.96. The van der Waals surface area contributed by atoms with E-state index in [1.165, 1.54) is 17.7 Å². The Morgan fingerprint density at radius 3 is 2.90 bits per heavy atom. The average Bonchev–Trinajstić information content (AvgIpc) is 2.47. The molecule has 2 nitrogen and oxygen atoms in total. The summed E-state index contributed by atoms with van der Waals surface area (Å²) in [5.41, 5.74) is 3.98. The fraction of sp³-hybridized carbons (Fsp3) is 0.333. The van der Waals surface area contributed by atoms with E-state index in [4.69, 9.17) is 4.74 Å². The first-order valence-electron chi connectivity index (χ1n) is 7.28. The molecule has 110 valence electrons. The highest BCUT2D eigenvalue weighted by Crippen LogP contribution is 2.35. The zero-order valence-corrected chi connectivity index (χ0v) is 12.1. The zero-order valence-electron chi connectivity index (χ0n) is 12.1. The molecule has 0 spiro atoms. The molecule has 0 bridgehead atoms. The van der Waals surface area contributed by atoms with E-state index in [2.05, 4.69) is 12.1 Å². The molecule has 0 aromatic heterocycles. The number of aliphatic hydroxyl groups is 1. The van der Waals surface area contributed by atoms with Gasteiger partial charge in [-0.15, -0.1) is 0 Å². The van der Waals surface area contributed by atoms with Crippen molar-refractivity contribution in [3.8, 4) is 0 Å². The van der Waals surface area contributed by atoms with E-state index in [-0.39, 0.29) is 11.9 Å². The molecule has 2 aromatic rings. The second-order valence-electron chi connectivity index (χ2n) is 5.56. The summed E-state index contributed by atoms with van der Waals surface area (Å²) in [5.74, 6) is -0.275. The minimum Gasteiger partial charge on any atom is -0.388 e. The molecule has 21 heavy (non-hydrogen) atoms. The molecule has 0 fully saturated rings. The molecule has 2 aromatic carbocycles. The van der Waals surface area contributed by atoms with E-state index in [1.54, 1.807) is 6.07 Å². The van der Waals surface area contributed by atoms with E-state index >= 15 is 0 Å². The van der Waals surface area contributed by atoms with Crippen molar-refractivity contribution in [3.05, 3.63) is 70.5 Å². The molecule has 2 unspecified atom stereocenters. The summed E-state index contributed by atoms with van der Waals surface area (Å²) >= 11 is 0. The number of rotatable bonds is 3. The lowest BCUT2D eigenvalue weighted by molar-refractivity contribution is 0.00363. The molecule has 1 aliphatic heterocycles. The number of aryl methyl sites for hydroxylation is 1. The highest BCUT2D eigenvalue weighted by molar-refractivity contribution is 5.32. The molecule has 0 amide bonds. The number of aliphatic hydroxyl groups excluding tert-OH is 1.